The van der Waals surface area contributed by atoms with E-state index >= 15 is 0 Å². The summed E-state index contributed by atoms with van der Waals surface area (Å²) < 4.78 is 5.86. The van der Waals surface area contributed by atoms with Gasteiger partial charge in [0.05, 0.1) is 16.4 Å². The van der Waals surface area contributed by atoms with Gasteiger partial charge in [-0.15, -0.1) is 0 Å². The topological polar surface area (TPSA) is 60.5 Å². The average Bonchev–Trinajstić information content (AvgIpc) is 2.64. The normalized spacial score (nSPS) is 10.8. The van der Waals surface area contributed by atoms with Gasteiger partial charge in [0.1, 0.15) is 5.75 Å². The van der Waals surface area contributed by atoms with E-state index in [9.17, 15) is 0 Å². The summed E-state index contributed by atoms with van der Waals surface area (Å²) in [5.41, 5.74) is 9.42. The molecule has 1 aromatic heterocycles. The number of benzene rings is 2. The number of aryl methyl sites for hydroxylation is 1. The van der Waals surface area contributed by atoms with Gasteiger partial charge in [-0.05, 0) is 31.2 Å². The maximum Gasteiger partial charge on any atom is 0.222 e. The second kappa shape index (κ2) is 7.85. The van der Waals surface area contributed by atoms with Crippen molar-refractivity contribution < 1.29 is 4.74 Å². The number of anilines is 1. The molecular formula is C21H18ClN3O. The summed E-state index contributed by atoms with van der Waals surface area (Å²) in [5, 5.41) is 0.524. The molecule has 0 fully saturated rings. The van der Waals surface area contributed by atoms with Gasteiger partial charge in [-0.25, -0.2) is 4.98 Å². The lowest BCUT2D eigenvalue weighted by molar-refractivity contribution is 0.458. The molecule has 0 bridgehead atoms. The van der Waals surface area contributed by atoms with Crippen molar-refractivity contribution in [2.45, 2.75) is 6.92 Å². The van der Waals surface area contributed by atoms with E-state index in [1.54, 1.807) is 18.3 Å². The largest absolute Gasteiger partial charge is 0.437 e. The van der Waals surface area contributed by atoms with Crippen LogP contribution >= 0.6 is 11.6 Å². The molecule has 0 spiro atoms. The number of nitrogen functional groups attached to an aromatic ring is 1. The fourth-order valence-corrected chi connectivity index (χ4v) is 2.42. The SMILES string of the molecule is C=C(/N=C\c1ccccc1N)c1ccc(C)c(Oc2ccccc2Cl)n1. The van der Waals surface area contributed by atoms with Crippen LogP contribution in [0.25, 0.3) is 5.70 Å². The first-order valence-electron chi connectivity index (χ1n) is 8.02. The van der Waals surface area contributed by atoms with Gasteiger partial charge in [0.2, 0.25) is 5.88 Å². The Balaban J connectivity index is 1.84. The zero-order chi connectivity index (χ0) is 18.5. The summed E-state index contributed by atoms with van der Waals surface area (Å²) in [6.45, 7) is 5.90. The van der Waals surface area contributed by atoms with Crippen LogP contribution in [0.4, 0.5) is 5.69 Å². The molecule has 5 heteroatoms. The third-order valence-electron chi connectivity index (χ3n) is 3.74. The van der Waals surface area contributed by atoms with Crippen LogP contribution in [-0.2, 0) is 0 Å². The number of nitrogens with two attached hydrogens (primary N) is 1. The summed E-state index contributed by atoms with van der Waals surface area (Å²) in [4.78, 5) is 8.90. The lowest BCUT2D eigenvalue weighted by Crippen LogP contribution is -1.96. The van der Waals surface area contributed by atoms with Gasteiger partial charge in [0, 0.05) is 23.0 Å². The second-order valence-electron chi connectivity index (χ2n) is 5.68. The van der Waals surface area contributed by atoms with E-state index in [1.165, 1.54) is 0 Å². The molecule has 0 aliphatic rings. The minimum Gasteiger partial charge on any atom is -0.437 e. The third-order valence-corrected chi connectivity index (χ3v) is 4.06. The van der Waals surface area contributed by atoms with Crippen molar-refractivity contribution in [3.05, 3.63) is 89.1 Å². The average molecular weight is 364 g/mol. The number of hydrogen-bond donors (Lipinski definition) is 1. The number of ether oxygens (including phenoxy) is 1. The maximum absolute atomic E-state index is 6.16. The Morgan fingerprint density at radius 1 is 1.12 bits per heavy atom. The monoisotopic (exact) mass is 363 g/mol. The Kier molecular flexibility index (Phi) is 5.34. The number of para-hydroxylation sites is 2. The summed E-state index contributed by atoms with van der Waals surface area (Å²) >= 11 is 6.16. The number of nitrogens with zero attached hydrogens (tertiary/aromatic N) is 2. The zero-order valence-electron chi connectivity index (χ0n) is 14.3. The van der Waals surface area contributed by atoms with Crippen LogP contribution in [0, 0.1) is 6.92 Å². The van der Waals surface area contributed by atoms with Crippen molar-refractivity contribution in [2.75, 3.05) is 5.73 Å². The molecule has 1 heterocycles. The first-order chi connectivity index (χ1) is 12.5. The molecule has 4 nitrogen and oxygen atoms in total. The van der Waals surface area contributed by atoms with Gasteiger partial charge in [-0.2, -0.15) is 0 Å². The van der Waals surface area contributed by atoms with Gasteiger partial charge < -0.3 is 10.5 Å². The molecule has 2 N–H and O–H groups in total. The molecule has 2 aromatic carbocycles. The van der Waals surface area contributed by atoms with Crippen LogP contribution in [0.3, 0.4) is 0 Å². The Labute approximate surface area is 157 Å². The van der Waals surface area contributed by atoms with Gasteiger partial charge in [0.25, 0.3) is 0 Å². The fraction of sp³-hybridized carbons (Fsp3) is 0.0476. The molecular weight excluding hydrogens is 346 g/mol. The summed E-state index contributed by atoms with van der Waals surface area (Å²) in [7, 11) is 0. The predicted molar refractivity (Wildman–Crippen MR) is 108 cm³/mol. The molecule has 0 amide bonds. The molecule has 0 unspecified atom stereocenters. The Hall–Kier alpha value is -3.11. The standard InChI is InChI=1S/C21H18ClN3O/c1-14-11-12-19(15(2)24-13-16-7-3-5-9-18(16)23)25-21(14)26-20-10-6-4-8-17(20)22/h3-13H,2,23H2,1H3/b24-13-. The molecule has 0 aliphatic heterocycles. The van der Waals surface area contributed by atoms with Crippen LogP contribution in [0.2, 0.25) is 5.02 Å². The van der Waals surface area contributed by atoms with Gasteiger partial charge in [-0.3, -0.25) is 4.99 Å². The summed E-state index contributed by atoms with van der Waals surface area (Å²) in [5.74, 6) is 1.01. The van der Waals surface area contributed by atoms with E-state index in [4.69, 9.17) is 22.1 Å². The number of rotatable bonds is 5. The maximum atomic E-state index is 6.16. The zero-order valence-corrected chi connectivity index (χ0v) is 15.1. The highest BCUT2D eigenvalue weighted by atomic mass is 35.5. The fourth-order valence-electron chi connectivity index (χ4n) is 2.25. The smallest absolute Gasteiger partial charge is 0.222 e. The van der Waals surface area contributed by atoms with E-state index in [2.05, 4.69) is 16.6 Å². The predicted octanol–water partition coefficient (Wildman–Crippen LogP) is 5.51. The molecule has 3 aromatic rings. The second-order valence-corrected chi connectivity index (χ2v) is 6.09. The highest BCUT2D eigenvalue weighted by Crippen LogP contribution is 2.30. The van der Waals surface area contributed by atoms with Gasteiger partial charge >= 0.3 is 0 Å². The van der Waals surface area contributed by atoms with Crippen LogP contribution in [-0.4, -0.2) is 11.2 Å². The van der Waals surface area contributed by atoms with Crippen molar-refractivity contribution in [3.63, 3.8) is 0 Å². The van der Waals surface area contributed by atoms with Crippen molar-refractivity contribution in [1.82, 2.24) is 4.98 Å². The van der Waals surface area contributed by atoms with E-state index in [0.29, 0.717) is 33.7 Å². The van der Waals surface area contributed by atoms with Crippen LogP contribution in [0.5, 0.6) is 11.6 Å². The number of halogens is 1. The first-order valence-corrected chi connectivity index (χ1v) is 8.40. The van der Waals surface area contributed by atoms with Crippen molar-refractivity contribution >= 4 is 29.2 Å². The molecule has 26 heavy (non-hydrogen) atoms. The first kappa shape index (κ1) is 17.7. The lowest BCUT2D eigenvalue weighted by Gasteiger charge is -2.10. The summed E-state index contributed by atoms with van der Waals surface area (Å²) in [6, 6.07) is 18.5. The highest BCUT2D eigenvalue weighted by molar-refractivity contribution is 6.32. The third kappa shape index (κ3) is 4.10. The molecule has 0 atom stereocenters. The van der Waals surface area contributed by atoms with E-state index in [0.717, 1.165) is 11.1 Å². The minimum absolute atomic E-state index is 0.464. The molecule has 130 valence electrons. The van der Waals surface area contributed by atoms with Crippen molar-refractivity contribution in [2.24, 2.45) is 4.99 Å². The minimum atomic E-state index is 0.464. The highest BCUT2D eigenvalue weighted by Gasteiger charge is 2.09. The van der Waals surface area contributed by atoms with Crippen LogP contribution in [0.1, 0.15) is 16.8 Å². The van der Waals surface area contributed by atoms with Crippen LogP contribution < -0.4 is 10.5 Å². The van der Waals surface area contributed by atoms with Crippen LogP contribution in [0.15, 0.2) is 72.2 Å². The van der Waals surface area contributed by atoms with Gasteiger partial charge in [0.15, 0.2) is 0 Å². The quantitative estimate of drug-likeness (QED) is 0.480. The van der Waals surface area contributed by atoms with E-state index in [-0.39, 0.29) is 0 Å². The van der Waals surface area contributed by atoms with E-state index in [1.807, 2.05) is 55.5 Å². The number of aromatic nitrogens is 1. The number of pyridine rings is 1. The van der Waals surface area contributed by atoms with E-state index < -0.39 is 0 Å². The van der Waals surface area contributed by atoms with Crippen molar-refractivity contribution in [1.29, 1.82) is 0 Å². The molecule has 0 saturated heterocycles. The Morgan fingerprint density at radius 2 is 1.85 bits per heavy atom. The molecule has 0 saturated carbocycles. The number of aliphatic imine (C=N–C) groups is 1. The Morgan fingerprint density at radius 3 is 2.62 bits per heavy atom. The summed E-state index contributed by atoms with van der Waals surface area (Å²) in [6.07, 6.45) is 1.67. The van der Waals surface area contributed by atoms with Crippen molar-refractivity contribution in [3.8, 4) is 11.6 Å². The van der Waals surface area contributed by atoms with Gasteiger partial charge in [-0.1, -0.05) is 54.6 Å². The lowest BCUT2D eigenvalue weighted by atomic mass is 10.2. The Bertz CT molecular complexity index is 982. The number of hydrogen-bond acceptors (Lipinski definition) is 4. The molecule has 3 rings (SSSR count). The molecule has 0 aliphatic carbocycles. The molecule has 0 radical (unpaired) electrons.